The van der Waals surface area contributed by atoms with Gasteiger partial charge in [-0.2, -0.15) is 0 Å². The lowest BCUT2D eigenvalue weighted by Gasteiger charge is -2.15. The van der Waals surface area contributed by atoms with Crippen LogP contribution in [0.3, 0.4) is 0 Å². The van der Waals surface area contributed by atoms with Crippen molar-refractivity contribution in [3.8, 4) is 22.9 Å². The molecular formula is C20H21Cl2N5O3S. The second-order valence-electron chi connectivity index (χ2n) is 6.49. The van der Waals surface area contributed by atoms with Crippen molar-refractivity contribution in [3.63, 3.8) is 0 Å². The number of aromatic nitrogens is 3. The summed E-state index contributed by atoms with van der Waals surface area (Å²) in [5.74, 6) is 7.64. The average Bonchev–Trinajstić information content (AvgIpc) is 3.11. The maximum atomic E-state index is 12.4. The second-order valence-corrected chi connectivity index (χ2v) is 8.28. The van der Waals surface area contributed by atoms with Crippen molar-refractivity contribution in [2.75, 3.05) is 25.8 Å². The van der Waals surface area contributed by atoms with E-state index in [4.69, 9.17) is 38.5 Å². The van der Waals surface area contributed by atoms with Gasteiger partial charge >= 0.3 is 0 Å². The van der Waals surface area contributed by atoms with Crippen molar-refractivity contribution in [1.82, 2.24) is 20.2 Å². The average molecular weight is 482 g/mol. The van der Waals surface area contributed by atoms with E-state index in [-0.39, 0.29) is 17.7 Å². The van der Waals surface area contributed by atoms with Gasteiger partial charge in [0.15, 0.2) is 17.3 Å². The molecule has 31 heavy (non-hydrogen) atoms. The molecule has 1 amide bonds. The van der Waals surface area contributed by atoms with Gasteiger partial charge in [0, 0.05) is 15.6 Å². The quantitative estimate of drug-likeness (QED) is 0.370. The van der Waals surface area contributed by atoms with E-state index in [1.54, 1.807) is 50.6 Å². The molecule has 8 nitrogen and oxygen atoms in total. The molecule has 1 heterocycles. The van der Waals surface area contributed by atoms with Crippen LogP contribution >= 0.6 is 35.0 Å². The molecule has 0 bridgehead atoms. The highest BCUT2D eigenvalue weighted by Crippen LogP contribution is 2.32. The van der Waals surface area contributed by atoms with Crippen LogP contribution in [0, 0.1) is 0 Å². The fourth-order valence-electron chi connectivity index (χ4n) is 2.89. The summed E-state index contributed by atoms with van der Waals surface area (Å²) in [7, 11) is 3.11. The van der Waals surface area contributed by atoms with Crippen LogP contribution in [0.15, 0.2) is 41.6 Å². The molecule has 0 saturated heterocycles. The molecule has 11 heteroatoms. The highest BCUT2D eigenvalue weighted by atomic mass is 35.5. The molecule has 0 spiro atoms. The van der Waals surface area contributed by atoms with E-state index < -0.39 is 0 Å². The third-order valence-electron chi connectivity index (χ3n) is 4.45. The Morgan fingerprint density at radius 3 is 2.58 bits per heavy atom. The van der Waals surface area contributed by atoms with Crippen molar-refractivity contribution >= 4 is 40.9 Å². The summed E-state index contributed by atoms with van der Waals surface area (Å²) >= 11 is 13.3. The first kappa shape index (κ1) is 23.1. The molecule has 0 fully saturated rings. The summed E-state index contributed by atoms with van der Waals surface area (Å²) in [5.41, 5.74) is 1.48. The largest absolute Gasteiger partial charge is 0.493 e. The number of ether oxygens (including phenoxy) is 2. The number of nitrogens with two attached hydrogens (primary N) is 1. The molecule has 0 aliphatic rings. The predicted octanol–water partition coefficient (Wildman–Crippen LogP) is 3.95. The Bertz CT molecular complexity index is 1090. The van der Waals surface area contributed by atoms with Crippen LogP contribution in [0.5, 0.6) is 11.5 Å². The smallest absolute Gasteiger partial charge is 0.230 e. The summed E-state index contributed by atoms with van der Waals surface area (Å²) in [5, 5.41) is 12.5. The number of nitrogens with one attached hydrogen (secondary N) is 1. The van der Waals surface area contributed by atoms with Gasteiger partial charge in [-0.1, -0.05) is 41.0 Å². The third-order valence-corrected chi connectivity index (χ3v) is 5.95. The van der Waals surface area contributed by atoms with Gasteiger partial charge in [0.25, 0.3) is 0 Å². The standard InChI is InChI=1S/C20H21Cl2N5O3S/c1-11(14-6-5-13(21)9-15(14)22)24-18(28)10-31-20-26-25-19(27(20)23)12-4-7-16(29-2)17(8-12)30-3/h4-9,11H,10,23H2,1-3H3,(H,24,28)/t11-/m1/s1. The minimum atomic E-state index is -0.282. The number of rotatable bonds is 8. The molecule has 3 N–H and O–H groups in total. The first-order valence-corrected chi connectivity index (χ1v) is 10.9. The number of benzene rings is 2. The third kappa shape index (κ3) is 5.36. The molecule has 1 aromatic heterocycles. The lowest BCUT2D eigenvalue weighted by Crippen LogP contribution is -2.28. The van der Waals surface area contributed by atoms with Gasteiger partial charge in [-0.3, -0.25) is 4.79 Å². The van der Waals surface area contributed by atoms with Gasteiger partial charge < -0.3 is 20.6 Å². The summed E-state index contributed by atoms with van der Waals surface area (Å²) in [4.78, 5) is 12.4. The topological polar surface area (TPSA) is 104 Å². The predicted molar refractivity (Wildman–Crippen MR) is 122 cm³/mol. The number of halogens is 2. The minimum Gasteiger partial charge on any atom is -0.493 e. The van der Waals surface area contributed by atoms with E-state index in [9.17, 15) is 4.79 Å². The fraction of sp³-hybridized carbons (Fsp3) is 0.250. The molecule has 164 valence electrons. The zero-order valence-electron chi connectivity index (χ0n) is 17.1. The monoisotopic (exact) mass is 481 g/mol. The molecule has 1 atom stereocenters. The van der Waals surface area contributed by atoms with Crippen LogP contribution in [0.4, 0.5) is 0 Å². The van der Waals surface area contributed by atoms with Crippen molar-refractivity contribution in [3.05, 3.63) is 52.0 Å². The fourth-order valence-corrected chi connectivity index (χ4v) is 4.13. The van der Waals surface area contributed by atoms with Gasteiger partial charge in [-0.05, 0) is 42.8 Å². The van der Waals surface area contributed by atoms with Crippen LogP contribution < -0.4 is 20.6 Å². The van der Waals surface area contributed by atoms with Gasteiger partial charge in [-0.25, -0.2) is 4.68 Å². The number of carbonyl (C=O) groups is 1. The zero-order valence-corrected chi connectivity index (χ0v) is 19.4. The van der Waals surface area contributed by atoms with E-state index in [0.29, 0.717) is 38.1 Å². The Kier molecular flexibility index (Phi) is 7.53. The number of hydrogen-bond acceptors (Lipinski definition) is 7. The lowest BCUT2D eigenvalue weighted by atomic mass is 10.1. The Balaban J connectivity index is 1.65. The van der Waals surface area contributed by atoms with Crippen molar-refractivity contribution < 1.29 is 14.3 Å². The number of methoxy groups -OCH3 is 2. The maximum Gasteiger partial charge on any atom is 0.230 e. The molecule has 0 aliphatic carbocycles. The molecule has 0 radical (unpaired) electrons. The van der Waals surface area contributed by atoms with Crippen LogP contribution in [0.25, 0.3) is 11.4 Å². The van der Waals surface area contributed by atoms with Crippen LogP contribution in [0.2, 0.25) is 10.0 Å². The Labute approximate surface area is 194 Å². The number of hydrogen-bond donors (Lipinski definition) is 2. The first-order chi connectivity index (χ1) is 14.8. The Hall–Kier alpha value is -2.62. The van der Waals surface area contributed by atoms with Crippen molar-refractivity contribution in [2.24, 2.45) is 0 Å². The summed E-state index contributed by atoms with van der Waals surface area (Å²) in [6.07, 6.45) is 0. The van der Waals surface area contributed by atoms with Crippen molar-refractivity contribution in [1.29, 1.82) is 0 Å². The summed E-state index contributed by atoms with van der Waals surface area (Å²) in [6.45, 7) is 1.85. The van der Waals surface area contributed by atoms with Gasteiger partial charge in [0.05, 0.1) is 26.0 Å². The summed E-state index contributed by atoms with van der Waals surface area (Å²) < 4.78 is 11.9. The Morgan fingerprint density at radius 1 is 1.16 bits per heavy atom. The minimum absolute atomic E-state index is 0.108. The molecule has 2 aromatic carbocycles. The second kappa shape index (κ2) is 10.1. The van der Waals surface area contributed by atoms with Gasteiger partial charge in [0.2, 0.25) is 11.1 Å². The molecule has 0 unspecified atom stereocenters. The highest BCUT2D eigenvalue weighted by Gasteiger charge is 2.17. The molecular weight excluding hydrogens is 461 g/mol. The van der Waals surface area contributed by atoms with E-state index in [0.717, 1.165) is 5.56 Å². The normalized spacial score (nSPS) is 11.8. The van der Waals surface area contributed by atoms with Crippen LogP contribution in [-0.4, -0.2) is 40.8 Å². The van der Waals surface area contributed by atoms with Crippen molar-refractivity contribution in [2.45, 2.75) is 18.1 Å². The van der Waals surface area contributed by atoms with E-state index >= 15 is 0 Å². The molecule has 0 aliphatic heterocycles. The van der Waals surface area contributed by atoms with Crippen LogP contribution in [0.1, 0.15) is 18.5 Å². The molecule has 3 rings (SSSR count). The summed E-state index contributed by atoms with van der Waals surface area (Å²) in [6, 6.07) is 10.2. The van der Waals surface area contributed by atoms with E-state index in [2.05, 4.69) is 15.5 Å². The molecule has 0 saturated carbocycles. The van der Waals surface area contributed by atoms with Gasteiger partial charge in [0.1, 0.15) is 0 Å². The number of nitrogens with zero attached hydrogens (tertiary/aromatic N) is 3. The van der Waals surface area contributed by atoms with Gasteiger partial charge in [-0.15, -0.1) is 10.2 Å². The molecule has 3 aromatic rings. The zero-order chi connectivity index (χ0) is 22.5. The SMILES string of the molecule is COc1ccc(-c2nnc(SCC(=O)N[C@H](C)c3ccc(Cl)cc3Cl)n2N)cc1OC. The highest BCUT2D eigenvalue weighted by molar-refractivity contribution is 7.99. The number of nitrogen functional groups attached to an aromatic ring is 1. The first-order valence-electron chi connectivity index (χ1n) is 9.14. The number of thioether (sulfide) groups is 1. The van der Waals surface area contributed by atoms with E-state index in [1.807, 2.05) is 6.92 Å². The number of carbonyl (C=O) groups excluding carboxylic acids is 1. The maximum absolute atomic E-state index is 12.4. The van der Waals surface area contributed by atoms with Crippen LogP contribution in [-0.2, 0) is 4.79 Å². The lowest BCUT2D eigenvalue weighted by molar-refractivity contribution is -0.119. The Morgan fingerprint density at radius 2 is 1.90 bits per heavy atom. The number of amides is 1. The van der Waals surface area contributed by atoms with E-state index in [1.165, 1.54) is 16.4 Å².